The summed E-state index contributed by atoms with van der Waals surface area (Å²) in [6.45, 7) is 4.37. The van der Waals surface area contributed by atoms with Gasteiger partial charge in [-0.2, -0.15) is 14.7 Å². The number of hydrogen-bond donors (Lipinski definition) is 0. The molecule has 4 aromatic rings. The third kappa shape index (κ3) is 2.58. The summed E-state index contributed by atoms with van der Waals surface area (Å²) >= 11 is 1.51. The molecule has 122 valence electrons. The summed E-state index contributed by atoms with van der Waals surface area (Å²) in [5.41, 5.74) is 3.01. The number of aromatic nitrogens is 7. The maximum Gasteiger partial charge on any atom is 0.235 e. The average molecular weight is 339 g/mol. The first kappa shape index (κ1) is 14.9. The Morgan fingerprint density at radius 1 is 1.12 bits per heavy atom. The van der Waals surface area contributed by atoms with E-state index in [9.17, 15) is 0 Å². The van der Waals surface area contributed by atoms with Crippen molar-refractivity contribution in [3.05, 3.63) is 36.3 Å². The monoisotopic (exact) mass is 339 g/mol. The predicted octanol–water partition coefficient (Wildman–Crippen LogP) is 2.85. The van der Waals surface area contributed by atoms with E-state index in [2.05, 4.69) is 45.3 Å². The van der Waals surface area contributed by atoms with Gasteiger partial charge in [-0.3, -0.25) is 9.67 Å². The van der Waals surface area contributed by atoms with Crippen molar-refractivity contribution in [3.8, 4) is 22.1 Å². The first-order valence-electron chi connectivity index (χ1n) is 7.77. The Hall–Kier alpha value is -2.61. The summed E-state index contributed by atoms with van der Waals surface area (Å²) in [4.78, 5) is 4.81. The van der Waals surface area contributed by atoms with E-state index in [-0.39, 0.29) is 0 Å². The molecule has 0 aliphatic carbocycles. The van der Waals surface area contributed by atoms with Crippen LogP contribution in [0.1, 0.15) is 19.5 Å². The number of aryl methyl sites for hydroxylation is 1. The summed E-state index contributed by atoms with van der Waals surface area (Å²) in [6, 6.07) is 5.95. The van der Waals surface area contributed by atoms with Crippen molar-refractivity contribution in [2.45, 2.75) is 20.3 Å². The van der Waals surface area contributed by atoms with Crippen LogP contribution in [0.25, 0.3) is 27.1 Å². The molecule has 0 amide bonds. The van der Waals surface area contributed by atoms with Crippen LogP contribution in [0.3, 0.4) is 0 Å². The molecule has 0 N–H and O–H groups in total. The first-order valence-corrected chi connectivity index (χ1v) is 8.59. The van der Waals surface area contributed by atoms with Crippen LogP contribution >= 0.6 is 11.3 Å². The van der Waals surface area contributed by atoms with Crippen LogP contribution in [-0.2, 0) is 13.5 Å². The molecule has 0 bridgehead atoms. The lowest BCUT2D eigenvalue weighted by atomic mass is 10.1. The van der Waals surface area contributed by atoms with E-state index in [1.807, 2.05) is 23.9 Å². The van der Waals surface area contributed by atoms with E-state index in [1.54, 1.807) is 16.9 Å². The molecule has 0 atom stereocenters. The van der Waals surface area contributed by atoms with Gasteiger partial charge in [0.25, 0.3) is 0 Å². The largest absolute Gasteiger partial charge is 0.265 e. The van der Waals surface area contributed by atoms with Crippen LogP contribution < -0.4 is 0 Å². The second kappa shape index (κ2) is 5.79. The van der Waals surface area contributed by atoms with E-state index in [0.29, 0.717) is 11.7 Å². The minimum atomic E-state index is 0.559. The number of fused-ring (bicyclic) bond motifs is 1. The quantitative estimate of drug-likeness (QED) is 0.571. The van der Waals surface area contributed by atoms with Crippen LogP contribution in [0.15, 0.2) is 30.6 Å². The van der Waals surface area contributed by atoms with Gasteiger partial charge in [0.05, 0.1) is 5.69 Å². The third-order valence-corrected chi connectivity index (χ3v) is 4.64. The Balaban J connectivity index is 1.78. The lowest BCUT2D eigenvalue weighted by Crippen LogP contribution is -1.99. The fourth-order valence-corrected chi connectivity index (χ4v) is 3.49. The van der Waals surface area contributed by atoms with Crippen molar-refractivity contribution >= 4 is 16.3 Å². The van der Waals surface area contributed by atoms with Gasteiger partial charge in [0.1, 0.15) is 10.7 Å². The molecule has 0 unspecified atom stereocenters. The SMILES string of the molecule is CC(C)Cc1cc(-c2nnc3sc(-c4ccncc4)nn23)n(C)n1. The zero-order valence-corrected chi connectivity index (χ0v) is 14.5. The van der Waals surface area contributed by atoms with Crippen molar-refractivity contribution in [3.63, 3.8) is 0 Å². The van der Waals surface area contributed by atoms with Crippen LogP contribution in [0.4, 0.5) is 0 Å². The van der Waals surface area contributed by atoms with Crippen molar-refractivity contribution < 1.29 is 0 Å². The fourth-order valence-electron chi connectivity index (χ4n) is 2.64. The van der Waals surface area contributed by atoms with E-state index in [1.165, 1.54) is 11.3 Å². The Kier molecular flexibility index (Phi) is 3.61. The van der Waals surface area contributed by atoms with Gasteiger partial charge in [0, 0.05) is 25.0 Å². The molecule has 4 aromatic heterocycles. The van der Waals surface area contributed by atoms with Crippen molar-refractivity contribution in [1.29, 1.82) is 0 Å². The van der Waals surface area contributed by atoms with Gasteiger partial charge in [-0.25, -0.2) is 0 Å². The number of nitrogens with zero attached hydrogens (tertiary/aromatic N) is 7. The van der Waals surface area contributed by atoms with Crippen molar-refractivity contribution in [2.24, 2.45) is 13.0 Å². The molecule has 24 heavy (non-hydrogen) atoms. The van der Waals surface area contributed by atoms with Crippen LogP contribution in [0.2, 0.25) is 0 Å². The lowest BCUT2D eigenvalue weighted by Gasteiger charge is -1.98. The molecule has 0 saturated carbocycles. The molecule has 0 fully saturated rings. The molecule has 0 spiro atoms. The van der Waals surface area contributed by atoms with Crippen LogP contribution in [0.5, 0.6) is 0 Å². The van der Waals surface area contributed by atoms with E-state index < -0.39 is 0 Å². The highest BCUT2D eigenvalue weighted by Crippen LogP contribution is 2.27. The van der Waals surface area contributed by atoms with Gasteiger partial charge < -0.3 is 0 Å². The molecule has 8 heteroatoms. The first-order chi connectivity index (χ1) is 11.6. The van der Waals surface area contributed by atoms with E-state index in [0.717, 1.165) is 33.3 Å². The lowest BCUT2D eigenvalue weighted by molar-refractivity contribution is 0.621. The molecule has 4 heterocycles. The summed E-state index contributed by atoms with van der Waals surface area (Å²) in [7, 11) is 1.93. The van der Waals surface area contributed by atoms with Gasteiger partial charge in [-0.1, -0.05) is 25.2 Å². The van der Waals surface area contributed by atoms with Gasteiger partial charge in [0.2, 0.25) is 10.8 Å². The fraction of sp³-hybridized carbons (Fsp3) is 0.312. The summed E-state index contributed by atoms with van der Waals surface area (Å²) in [5.74, 6) is 1.27. The molecule has 0 aromatic carbocycles. The third-order valence-electron chi connectivity index (χ3n) is 3.70. The number of pyridine rings is 1. The zero-order valence-electron chi connectivity index (χ0n) is 13.7. The van der Waals surface area contributed by atoms with Gasteiger partial charge >= 0.3 is 0 Å². The smallest absolute Gasteiger partial charge is 0.235 e. The molecular weight excluding hydrogens is 322 g/mol. The van der Waals surface area contributed by atoms with Crippen molar-refractivity contribution in [1.82, 2.24) is 34.6 Å². The molecule has 0 aliphatic heterocycles. The van der Waals surface area contributed by atoms with Gasteiger partial charge in [-0.15, -0.1) is 10.2 Å². The topological polar surface area (TPSA) is 73.8 Å². The van der Waals surface area contributed by atoms with E-state index in [4.69, 9.17) is 0 Å². The molecular formula is C16H17N7S. The second-order valence-corrected chi connectivity index (χ2v) is 7.06. The predicted molar refractivity (Wildman–Crippen MR) is 92.6 cm³/mol. The average Bonchev–Trinajstić information content (AvgIpc) is 3.21. The summed E-state index contributed by atoms with van der Waals surface area (Å²) < 4.78 is 3.64. The van der Waals surface area contributed by atoms with Crippen molar-refractivity contribution in [2.75, 3.05) is 0 Å². The Morgan fingerprint density at radius 3 is 2.67 bits per heavy atom. The second-order valence-electron chi connectivity index (χ2n) is 6.10. The Morgan fingerprint density at radius 2 is 1.92 bits per heavy atom. The highest BCUT2D eigenvalue weighted by atomic mass is 32.1. The van der Waals surface area contributed by atoms with E-state index >= 15 is 0 Å². The Labute approximate surface area is 143 Å². The standard InChI is InChI=1S/C16H17N7S/c1-10(2)8-12-9-13(22(3)20-12)14-18-19-16-23(14)21-15(24-16)11-4-6-17-7-5-11/h4-7,9-10H,8H2,1-3H3. The summed E-state index contributed by atoms with van der Waals surface area (Å²) in [5, 5.41) is 18.7. The van der Waals surface area contributed by atoms with Crippen LogP contribution in [0, 0.1) is 5.92 Å². The molecule has 7 nitrogen and oxygen atoms in total. The normalized spacial score (nSPS) is 11.7. The molecule has 0 saturated heterocycles. The maximum atomic E-state index is 4.67. The van der Waals surface area contributed by atoms with Gasteiger partial charge in [-0.05, 0) is 30.5 Å². The Bertz CT molecular complexity index is 981. The number of rotatable bonds is 4. The molecule has 4 rings (SSSR count). The zero-order chi connectivity index (χ0) is 16.7. The van der Waals surface area contributed by atoms with Gasteiger partial charge in [0.15, 0.2) is 0 Å². The minimum absolute atomic E-state index is 0.559. The number of hydrogen-bond acceptors (Lipinski definition) is 6. The molecule has 0 radical (unpaired) electrons. The van der Waals surface area contributed by atoms with Crippen LogP contribution in [-0.4, -0.2) is 34.6 Å². The highest BCUT2D eigenvalue weighted by Gasteiger charge is 2.18. The minimum Gasteiger partial charge on any atom is -0.265 e. The molecule has 0 aliphatic rings. The highest BCUT2D eigenvalue weighted by molar-refractivity contribution is 7.19. The summed E-state index contributed by atoms with van der Waals surface area (Å²) in [6.07, 6.45) is 4.46. The maximum absolute atomic E-state index is 4.67.